The molecule has 6 nitrogen and oxygen atoms in total. The topological polar surface area (TPSA) is 73.9 Å². The van der Waals surface area contributed by atoms with E-state index < -0.39 is 0 Å². The Bertz CT molecular complexity index is 220. The Labute approximate surface area is 102 Å². The second kappa shape index (κ2) is 11.3. The molecule has 0 saturated heterocycles. The SMILES string of the molecule is CCOCCOCCNC(=O)CCC(=O)OC. The number of hydrogen-bond acceptors (Lipinski definition) is 5. The van der Waals surface area contributed by atoms with Crippen LogP contribution in [0.5, 0.6) is 0 Å². The van der Waals surface area contributed by atoms with Gasteiger partial charge in [-0.1, -0.05) is 0 Å². The van der Waals surface area contributed by atoms with Crippen LogP contribution in [-0.4, -0.2) is 52.0 Å². The molecule has 0 atom stereocenters. The summed E-state index contributed by atoms with van der Waals surface area (Å²) in [7, 11) is 1.30. The standard InChI is InChI=1S/C11H21NO5/c1-3-16-8-9-17-7-6-12-10(13)4-5-11(14)15-2/h3-9H2,1-2H3,(H,12,13). The van der Waals surface area contributed by atoms with Gasteiger partial charge in [0, 0.05) is 19.6 Å². The van der Waals surface area contributed by atoms with E-state index in [0.717, 1.165) is 0 Å². The van der Waals surface area contributed by atoms with Crippen LogP contribution in [0.1, 0.15) is 19.8 Å². The van der Waals surface area contributed by atoms with Crippen molar-refractivity contribution in [1.29, 1.82) is 0 Å². The fraction of sp³-hybridized carbons (Fsp3) is 0.818. The highest BCUT2D eigenvalue weighted by Crippen LogP contribution is 1.91. The molecule has 6 heteroatoms. The minimum absolute atomic E-state index is 0.105. The lowest BCUT2D eigenvalue weighted by atomic mass is 10.3. The summed E-state index contributed by atoms with van der Waals surface area (Å²) in [5.74, 6) is -0.558. The van der Waals surface area contributed by atoms with Crippen LogP contribution in [0.3, 0.4) is 0 Å². The van der Waals surface area contributed by atoms with Gasteiger partial charge >= 0.3 is 5.97 Å². The van der Waals surface area contributed by atoms with E-state index >= 15 is 0 Å². The van der Waals surface area contributed by atoms with E-state index in [-0.39, 0.29) is 24.7 Å². The van der Waals surface area contributed by atoms with Crippen molar-refractivity contribution in [2.75, 3.05) is 40.1 Å². The van der Waals surface area contributed by atoms with Gasteiger partial charge in [0.2, 0.25) is 5.91 Å². The normalized spacial score (nSPS) is 10.0. The molecule has 0 aliphatic carbocycles. The van der Waals surface area contributed by atoms with Gasteiger partial charge in [0.1, 0.15) is 0 Å². The van der Waals surface area contributed by atoms with Crippen LogP contribution in [0.2, 0.25) is 0 Å². The lowest BCUT2D eigenvalue weighted by Crippen LogP contribution is -2.28. The largest absolute Gasteiger partial charge is 0.469 e. The first-order chi connectivity index (χ1) is 8.20. The third kappa shape index (κ3) is 11.1. The van der Waals surface area contributed by atoms with Crippen molar-refractivity contribution in [3.05, 3.63) is 0 Å². The zero-order valence-electron chi connectivity index (χ0n) is 10.5. The minimum atomic E-state index is -0.381. The van der Waals surface area contributed by atoms with Gasteiger partial charge in [-0.05, 0) is 6.92 Å². The van der Waals surface area contributed by atoms with Crippen molar-refractivity contribution in [3.63, 3.8) is 0 Å². The van der Waals surface area contributed by atoms with Crippen LogP contribution in [0.4, 0.5) is 0 Å². The summed E-state index contributed by atoms with van der Waals surface area (Å²) in [6, 6.07) is 0. The Morgan fingerprint density at radius 3 is 2.41 bits per heavy atom. The molecule has 17 heavy (non-hydrogen) atoms. The number of nitrogens with one attached hydrogen (secondary N) is 1. The first kappa shape index (κ1) is 15.9. The van der Waals surface area contributed by atoms with Crippen LogP contribution < -0.4 is 5.32 Å². The number of hydrogen-bond donors (Lipinski definition) is 1. The second-order valence-electron chi connectivity index (χ2n) is 3.24. The highest BCUT2D eigenvalue weighted by molar-refractivity contribution is 5.81. The molecule has 0 aromatic heterocycles. The van der Waals surface area contributed by atoms with E-state index in [2.05, 4.69) is 10.1 Å². The van der Waals surface area contributed by atoms with Crippen LogP contribution in [0, 0.1) is 0 Å². The van der Waals surface area contributed by atoms with Crippen LogP contribution >= 0.6 is 0 Å². The van der Waals surface area contributed by atoms with E-state index in [1.165, 1.54) is 7.11 Å². The first-order valence-corrected chi connectivity index (χ1v) is 5.69. The van der Waals surface area contributed by atoms with Gasteiger partial charge in [-0.15, -0.1) is 0 Å². The number of rotatable bonds is 10. The second-order valence-corrected chi connectivity index (χ2v) is 3.24. The fourth-order valence-electron chi connectivity index (χ4n) is 1.03. The van der Waals surface area contributed by atoms with Gasteiger partial charge in [-0.25, -0.2) is 0 Å². The summed E-state index contributed by atoms with van der Waals surface area (Å²) in [4.78, 5) is 22.0. The van der Waals surface area contributed by atoms with Crippen molar-refractivity contribution in [2.24, 2.45) is 0 Å². The van der Waals surface area contributed by atoms with Crippen molar-refractivity contribution in [1.82, 2.24) is 5.32 Å². The molecular weight excluding hydrogens is 226 g/mol. The molecule has 0 unspecified atom stereocenters. The predicted octanol–water partition coefficient (Wildman–Crippen LogP) is 0.109. The fourth-order valence-corrected chi connectivity index (χ4v) is 1.03. The van der Waals surface area contributed by atoms with Crippen molar-refractivity contribution in [2.45, 2.75) is 19.8 Å². The average Bonchev–Trinajstić information content (AvgIpc) is 2.34. The van der Waals surface area contributed by atoms with Gasteiger partial charge in [-0.3, -0.25) is 9.59 Å². The Kier molecular flexibility index (Phi) is 10.6. The molecule has 1 N–H and O–H groups in total. The summed E-state index contributed by atoms with van der Waals surface area (Å²) in [6.45, 7) is 4.55. The number of methoxy groups -OCH3 is 1. The van der Waals surface area contributed by atoms with Crippen molar-refractivity contribution < 1.29 is 23.8 Å². The molecule has 0 aromatic rings. The molecule has 100 valence electrons. The number of carbonyl (C=O) groups excluding carboxylic acids is 2. The van der Waals surface area contributed by atoms with E-state index in [1.807, 2.05) is 6.92 Å². The van der Waals surface area contributed by atoms with E-state index in [4.69, 9.17) is 9.47 Å². The van der Waals surface area contributed by atoms with Crippen molar-refractivity contribution >= 4 is 11.9 Å². The highest BCUT2D eigenvalue weighted by Gasteiger charge is 2.05. The summed E-state index contributed by atoms with van der Waals surface area (Å²) in [6.07, 6.45) is 0.249. The number of amides is 1. The Balaban J connectivity index is 3.25. The summed E-state index contributed by atoms with van der Waals surface area (Å²) >= 11 is 0. The summed E-state index contributed by atoms with van der Waals surface area (Å²) in [5, 5.41) is 2.64. The van der Waals surface area contributed by atoms with E-state index in [1.54, 1.807) is 0 Å². The van der Waals surface area contributed by atoms with Gasteiger partial charge in [0.25, 0.3) is 0 Å². The number of carbonyl (C=O) groups is 2. The Morgan fingerprint density at radius 2 is 1.76 bits per heavy atom. The zero-order chi connectivity index (χ0) is 12.9. The molecule has 0 aliphatic rings. The molecule has 0 rings (SSSR count). The van der Waals surface area contributed by atoms with E-state index in [0.29, 0.717) is 33.0 Å². The van der Waals surface area contributed by atoms with Gasteiger partial charge in [0.15, 0.2) is 0 Å². The predicted molar refractivity (Wildman–Crippen MR) is 61.6 cm³/mol. The molecule has 0 aromatic carbocycles. The maximum atomic E-state index is 11.2. The first-order valence-electron chi connectivity index (χ1n) is 5.69. The van der Waals surface area contributed by atoms with E-state index in [9.17, 15) is 9.59 Å². The maximum Gasteiger partial charge on any atom is 0.306 e. The lowest BCUT2D eigenvalue weighted by Gasteiger charge is -2.06. The molecule has 0 radical (unpaired) electrons. The van der Waals surface area contributed by atoms with Gasteiger partial charge in [-0.2, -0.15) is 0 Å². The third-order valence-electron chi connectivity index (χ3n) is 1.93. The number of esters is 1. The Morgan fingerprint density at radius 1 is 1.06 bits per heavy atom. The smallest absolute Gasteiger partial charge is 0.306 e. The average molecular weight is 247 g/mol. The zero-order valence-corrected chi connectivity index (χ0v) is 10.5. The molecule has 0 spiro atoms. The summed E-state index contributed by atoms with van der Waals surface area (Å²) in [5.41, 5.74) is 0. The molecule has 0 heterocycles. The number of ether oxygens (including phenoxy) is 3. The molecule has 0 saturated carbocycles. The van der Waals surface area contributed by atoms with Gasteiger partial charge < -0.3 is 19.5 Å². The molecular formula is C11H21NO5. The molecule has 0 fully saturated rings. The summed E-state index contributed by atoms with van der Waals surface area (Å²) < 4.78 is 14.7. The monoisotopic (exact) mass is 247 g/mol. The Hall–Kier alpha value is -1.14. The quantitative estimate of drug-likeness (QED) is 0.438. The van der Waals surface area contributed by atoms with Crippen LogP contribution in [0.25, 0.3) is 0 Å². The lowest BCUT2D eigenvalue weighted by molar-refractivity contribution is -0.142. The van der Waals surface area contributed by atoms with Crippen LogP contribution in [-0.2, 0) is 23.8 Å². The molecule has 0 bridgehead atoms. The maximum absolute atomic E-state index is 11.2. The molecule has 0 aliphatic heterocycles. The molecule has 1 amide bonds. The van der Waals surface area contributed by atoms with Crippen LogP contribution in [0.15, 0.2) is 0 Å². The van der Waals surface area contributed by atoms with Gasteiger partial charge in [0.05, 0.1) is 33.4 Å². The van der Waals surface area contributed by atoms with Crippen molar-refractivity contribution in [3.8, 4) is 0 Å². The third-order valence-corrected chi connectivity index (χ3v) is 1.93. The highest BCUT2D eigenvalue weighted by atomic mass is 16.5. The minimum Gasteiger partial charge on any atom is -0.469 e.